The molecule has 0 aliphatic rings. The summed E-state index contributed by atoms with van der Waals surface area (Å²) in [6.07, 6.45) is 1.70. The molecule has 0 fully saturated rings. The van der Waals surface area contributed by atoms with Crippen molar-refractivity contribution in [2.75, 3.05) is 25.2 Å². The Kier molecular flexibility index (Phi) is 8.86. The van der Waals surface area contributed by atoms with E-state index in [1.807, 2.05) is 43.3 Å². The molecule has 0 atom stereocenters. The van der Waals surface area contributed by atoms with Gasteiger partial charge in [-0.05, 0) is 78.4 Å². The number of rotatable bonds is 9. The average molecular weight is 547 g/mol. The first kappa shape index (κ1) is 21.5. The number of benzene rings is 2. The van der Waals surface area contributed by atoms with Crippen LogP contribution in [0.4, 0.5) is 5.69 Å². The van der Waals surface area contributed by atoms with Gasteiger partial charge < -0.3 is 14.2 Å². The number of carbonyl (C=O) groups excluding carboxylic acids is 1. The van der Waals surface area contributed by atoms with E-state index in [-0.39, 0.29) is 6.61 Å². The summed E-state index contributed by atoms with van der Waals surface area (Å²) in [7, 11) is 0. The number of hydrazone groups is 1. The first-order valence-corrected chi connectivity index (χ1v) is 10.2. The molecule has 0 aliphatic carbocycles. The number of nitrogens with zero attached hydrogens (tertiary/aromatic N) is 1. The highest BCUT2D eigenvalue weighted by atomic mass is 127. The molecule has 0 unspecified atom stereocenters. The zero-order valence-corrected chi connectivity index (χ0v) is 18.7. The van der Waals surface area contributed by atoms with E-state index in [1.165, 1.54) is 0 Å². The molecule has 144 valence electrons. The van der Waals surface area contributed by atoms with Crippen LogP contribution in [0.15, 0.2) is 46.0 Å². The number of halogens is 2. The zero-order valence-electron chi connectivity index (χ0n) is 15.0. The SMILES string of the molecule is CCOC(=O)COc1c(I)cc(/C=N\Nc2ccc(Br)cc2)cc1OCC. The molecular weight excluding hydrogens is 527 g/mol. The molecule has 6 nitrogen and oxygen atoms in total. The standard InChI is InChI=1S/C19H20BrIN2O4/c1-3-25-17-10-13(11-22-23-15-7-5-14(20)6-8-15)9-16(21)19(17)27-12-18(24)26-4-2/h5-11,23H,3-4,12H2,1-2H3/b22-11-. The van der Waals surface area contributed by atoms with Crippen molar-refractivity contribution in [3.63, 3.8) is 0 Å². The van der Waals surface area contributed by atoms with Crippen molar-refractivity contribution in [2.24, 2.45) is 5.10 Å². The molecule has 27 heavy (non-hydrogen) atoms. The topological polar surface area (TPSA) is 69.2 Å². The van der Waals surface area contributed by atoms with Crippen molar-refractivity contribution >= 4 is 56.4 Å². The number of esters is 1. The van der Waals surface area contributed by atoms with Crippen molar-refractivity contribution in [2.45, 2.75) is 13.8 Å². The maximum absolute atomic E-state index is 11.5. The average Bonchev–Trinajstić information content (AvgIpc) is 2.63. The first-order chi connectivity index (χ1) is 13.0. The van der Waals surface area contributed by atoms with Crippen LogP contribution in [0.2, 0.25) is 0 Å². The molecule has 0 saturated carbocycles. The van der Waals surface area contributed by atoms with Gasteiger partial charge in [0.2, 0.25) is 0 Å². The third-order valence-corrected chi connectivity index (χ3v) is 4.55. The van der Waals surface area contributed by atoms with Gasteiger partial charge in [0.05, 0.1) is 28.7 Å². The smallest absolute Gasteiger partial charge is 0.344 e. The van der Waals surface area contributed by atoms with Crippen molar-refractivity contribution in [1.82, 2.24) is 0 Å². The summed E-state index contributed by atoms with van der Waals surface area (Å²) in [6, 6.07) is 11.4. The van der Waals surface area contributed by atoms with E-state index < -0.39 is 5.97 Å². The van der Waals surface area contributed by atoms with Crippen LogP contribution < -0.4 is 14.9 Å². The summed E-state index contributed by atoms with van der Waals surface area (Å²) in [6.45, 7) is 4.27. The summed E-state index contributed by atoms with van der Waals surface area (Å²) in [5.74, 6) is 0.655. The molecule has 0 spiro atoms. The number of hydrogen-bond acceptors (Lipinski definition) is 6. The van der Waals surface area contributed by atoms with Gasteiger partial charge in [0.1, 0.15) is 0 Å². The van der Waals surface area contributed by atoms with Crippen LogP contribution in [0.5, 0.6) is 11.5 Å². The summed E-state index contributed by atoms with van der Waals surface area (Å²) in [4.78, 5) is 11.5. The van der Waals surface area contributed by atoms with Gasteiger partial charge in [0.25, 0.3) is 0 Å². The molecule has 0 saturated heterocycles. The second-order valence-corrected chi connectivity index (χ2v) is 7.31. The van der Waals surface area contributed by atoms with Crippen LogP contribution in [0, 0.1) is 3.57 Å². The molecule has 2 aromatic carbocycles. The summed E-state index contributed by atoms with van der Waals surface area (Å²) in [5, 5.41) is 4.25. The predicted octanol–water partition coefficient (Wildman–Crippen LogP) is 4.84. The zero-order chi connectivity index (χ0) is 19.6. The van der Waals surface area contributed by atoms with Crippen LogP contribution in [-0.4, -0.2) is 32.0 Å². The van der Waals surface area contributed by atoms with E-state index in [9.17, 15) is 4.79 Å². The Morgan fingerprint density at radius 3 is 2.59 bits per heavy atom. The number of hydrogen-bond donors (Lipinski definition) is 1. The van der Waals surface area contributed by atoms with Gasteiger partial charge in [-0.3, -0.25) is 5.43 Å². The molecule has 0 aliphatic heterocycles. The Morgan fingerprint density at radius 1 is 1.19 bits per heavy atom. The molecule has 0 radical (unpaired) electrons. The minimum Gasteiger partial charge on any atom is -0.490 e. The predicted molar refractivity (Wildman–Crippen MR) is 118 cm³/mol. The summed E-state index contributed by atoms with van der Waals surface area (Å²) >= 11 is 5.54. The lowest BCUT2D eigenvalue weighted by molar-refractivity contribution is -0.145. The van der Waals surface area contributed by atoms with E-state index in [1.54, 1.807) is 13.1 Å². The van der Waals surface area contributed by atoms with E-state index in [0.29, 0.717) is 24.7 Å². The van der Waals surface area contributed by atoms with E-state index in [0.717, 1.165) is 19.3 Å². The maximum atomic E-state index is 11.5. The van der Waals surface area contributed by atoms with Crippen molar-refractivity contribution in [1.29, 1.82) is 0 Å². The highest BCUT2D eigenvalue weighted by Gasteiger charge is 2.14. The van der Waals surface area contributed by atoms with Gasteiger partial charge in [0.15, 0.2) is 18.1 Å². The molecule has 0 aromatic heterocycles. The fraction of sp³-hybridized carbons (Fsp3) is 0.263. The highest BCUT2D eigenvalue weighted by molar-refractivity contribution is 14.1. The Labute approximate surface area is 180 Å². The van der Waals surface area contributed by atoms with Crippen LogP contribution in [0.25, 0.3) is 0 Å². The molecule has 0 bridgehead atoms. The molecule has 1 N–H and O–H groups in total. The van der Waals surface area contributed by atoms with Gasteiger partial charge in [-0.2, -0.15) is 5.10 Å². The van der Waals surface area contributed by atoms with E-state index in [4.69, 9.17) is 14.2 Å². The largest absolute Gasteiger partial charge is 0.490 e. The lowest BCUT2D eigenvalue weighted by Crippen LogP contribution is -2.15. The third kappa shape index (κ3) is 7.02. The molecule has 8 heteroatoms. The fourth-order valence-electron chi connectivity index (χ4n) is 2.11. The first-order valence-electron chi connectivity index (χ1n) is 8.32. The second-order valence-electron chi connectivity index (χ2n) is 5.23. The lowest BCUT2D eigenvalue weighted by atomic mass is 10.2. The number of ether oxygens (including phenoxy) is 3. The summed E-state index contributed by atoms with van der Waals surface area (Å²) < 4.78 is 18.0. The number of carbonyl (C=O) groups is 1. The Bertz CT molecular complexity index is 797. The third-order valence-electron chi connectivity index (χ3n) is 3.22. The number of anilines is 1. The molecular formula is C19H20BrIN2O4. The Balaban J connectivity index is 2.12. The number of nitrogens with one attached hydrogen (secondary N) is 1. The van der Waals surface area contributed by atoms with Gasteiger partial charge in [0, 0.05) is 4.47 Å². The van der Waals surface area contributed by atoms with Crippen molar-refractivity contribution < 1.29 is 19.0 Å². The van der Waals surface area contributed by atoms with Gasteiger partial charge in [-0.25, -0.2) is 4.79 Å². The highest BCUT2D eigenvalue weighted by Crippen LogP contribution is 2.34. The lowest BCUT2D eigenvalue weighted by Gasteiger charge is -2.14. The normalized spacial score (nSPS) is 10.7. The monoisotopic (exact) mass is 546 g/mol. The minimum atomic E-state index is -0.417. The maximum Gasteiger partial charge on any atom is 0.344 e. The van der Waals surface area contributed by atoms with Crippen LogP contribution in [0.1, 0.15) is 19.4 Å². The second kappa shape index (κ2) is 11.1. The van der Waals surface area contributed by atoms with Crippen LogP contribution >= 0.6 is 38.5 Å². The van der Waals surface area contributed by atoms with Gasteiger partial charge in [-0.1, -0.05) is 15.9 Å². The van der Waals surface area contributed by atoms with E-state index in [2.05, 4.69) is 49.0 Å². The van der Waals surface area contributed by atoms with Crippen LogP contribution in [-0.2, 0) is 9.53 Å². The summed E-state index contributed by atoms with van der Waals surface area (Å²) in [5.41, 5.74) is 4.69. The van der Waals surface area contributed by atoms with Crippen LogP contribution in [0.3, 0.4) is 0 Å². The molecule has 2 aromatic rings. The molecule has 0 amide bonds. The molecule has 0 heterocycles. The Hall–Kier alpha value is -1.81. The van der Waals surface area contributed by atoms with Gasteiger partial charge in [-0.15, -0.1) is 0 Å². The Morgan fingerprint density at radius 2 is 1.93 bits per heavy atom. The van der Waals surface area contributed by atoms with Crippen molar-refractivity contribution in [3.8, 4) is 11.5 Å². The fourth-order valence-corrected chi connectivity index (χ4v) is 3.15. The van der Waals surface area contributed by atoms with Gasteiger partial charge >= 0.3 is 5.97 Å². The van der Waals surface area contributed by atoms with E-state index >= 15 is 0 Å². The van der Waals surface area contributed by atoms with Crippen molar-refractivity contribution in [3.05, 3.63) is 50.0 Å². The quantitative estimate of drug-likeness (QED) is 0.211. The molecule has 2 rings (SSSR count). The minimum absolute atomic E-state index is 0.164.